The Bertz CT molecular complexity index is 248. The second kappa shape index (κ2) is 7.08. The zero-order valence-corrected chi connectivity index (χ0v) is 14.3. The Labute approximate surface area is 121 Å². The molecule has 0 saturated heterocycles. The summed E-state index contributed by atoms with van der Waals surface area (Å²) >= 11 is 0. The second-order valence-corrected chi connectivity index (χ2v) is 7.27. The molecule has 1 saturated carbocycles. The van der Waals surface area contributed by atoms with E-state index in [-0.39, 0.29) is 5.54 Å². The first kappa shape index (κ1) is 17.0. The molecule has 0 aromatic carbocycles. The summed E-state index contributed by atoms with van der Waals surface area (Å²) in [4.78, 5) is 2.61. The van der Waals surface area contributed by atoms with Crippen LogP contribution in [0.15, 0.2) is 0 Å². The molecule has 0 amide bonds. The number of likely N-dealkylation sites (N-methyl/N-ethyl adjacent to an activating group) is 2. The van der Waals surface area contributed by atoms with Crippen LogP contribution < -0.4 is 5.32 Å². The maximum Gasteiger partial charge on any atom is 0.0308 e. The minimum atomic E-state index is 0.236. The van der Waals surface area contributed by atoms with Gasteiger partial charge in [-0.2, -0.15) is 0 Å². The standard InChI is InChI=1S/C17H36N2/c1-8-19(9-2)17(5,6)16(18-7)15-11-13(3)10-14(4)12-15/h13-16,18H,8-12H2,1-7H3. The number of hydrogen-bond acceptors (Lipinski definition) is 2. The Morgan fingerprint density at radius 2 is 1.53 bits per heavy atom. The van der Waals surface area contributed by atoms with E-state index >= 15 is 0 Å². The van der Waals surface area contributed by atoms with Crippen molar-refractivity contribution < 1.29 is 0 Å². The van der Waals surface area contributed by atoms with E-state index in [1.54, 1.807) is 0 Å². The number of hydrogen-bond donors (Lipinski definition) is 1. The third-order valence-electron chi connectivity index (χ3n) is 5.34. The summed E-state index contributed by atoms with van der Waals surface area (Å²) in [5.41, 5.74) is 0.236. The van der Waals surface area contributed by atoms with Crippen molar-refractivity contribution in [2.45, 2.75) is 72.4 Å². The van der Waals surface area contributed by atoms with E-state index in [1.165, 1.54) is 19.3 Å². The van der Waals surface area contributed by atoms with Gasteiger partial charge < -0.3 is 5.32 Å². The molecule has 0 spiro atoms. The highest BCUT2D eigenvalue weighted by atomic mass is 15.2. The van der Waals surface area contributed by atoms with E-state index in [1.807, 2.05) is 0 Å². The van der Waals surface area contributed by atoms with E-state index in [0.29, 0.717) is 6.04 Å². The fourth-order valence-electron chi connectivity index (χ4n) is 4.68. The Morgan fingerprint density at radius 3 is 1.89 bits per heavy atom. The van der Waals surface area contributed by atoms with E-state index in [4.69, 9.17) is 0 Å². The zero-order chi connectivity index (χ0) is 14.6. The average Bonchev–Trinajstić information content (AvgIpc) is 2.29. The molecule has 0 heterocycles. The van der Waals surface area contributed by atoms with Crippen molar-refractivity contribution >= 4 is 0 Å². The average molecular weight is 268 g/mol. The van der Waals surface area contributed by atoms with Gasteiger partial charge in [-0.15, -0.1) is 0 Å². The molecule has 1 fully saturated rings. The Kier molecular flexibility index (Phi) is 6.32. The zero-order valence-electron chi connectivity index (χ0n) is 14.3. The van der Waals surface area contributed by atoms with Crippen LogP contribution in [0.3, 0.4) is 0 Å². The first-order valence-corrected chi connectivity index (χ1v) is 8.29. The molecule has 0 aromatic heterocycles. The van der Waals surface area contributed by atoms with Gasteiger partial charge in [0.05, 0.1) is 0 Å². The van der Waals surface area contributed by atoms with Gasteiger partial charge in [-0.3, -0.25) is 4.90 Å². The summed E-state index contributed by atoms with van der Waals surface area (Å²) in [6.07, 6.45) is 4.19. The summed E-state index contributed by atoms with van der Waals surface area (Å²) in [6.45, 7) is 16.5. The van der Waals surface area contributed by atoms with Crippen molar-refractivity contribution in [3.8, 4) is 0 Å². The normalized spacial score (nSPS) is 30.6. The predicted molar refractivity (Wildman–Crippen MR) is 85.5 cm³/mol. The fraction of sp³-hybridized carbons (Fsp3) is 1.00. The molecule has 3 atom stereocenters. The van der Waals surface area contributed by atoms with Gasteiger partial charge in [-0.05, 0) is 71.0 Å². The van der Waals surface area contributed by atoms with Crippen molar-refractivity contribution in [3.05, 3.63) is 0 Å². The topological polar surface area (TPSA) is 15.3 Å². The number of rotatable bonds is 6. The summed E-state index contributed by atoms with van der Waals surface area (Å²) in [7, 11) is 2.15. The van der Waals surface area contributed by atoms with Crippen molar-refractivity contribution in [2.24, 2.45) is 17.8 Å². The Hall–Kier alpha value is -0.0800. The number of nitrogens with one attached hydrogen (secondary N) is 1. The Morgan fingerprint density at radius 1 is 1.05 bits per heavy atom. The lowest BCUT2D eigenvalue weighted by Gasteiger charge is -2.49. The molecular weight excluding hydrogens is 232 g/mol. The maximum absolute atomic E-state index is 3.66. The van der Waals surface area contributed by atoms with Crippen molar-refractivity contribution in [1.29, 1.82) is 0 Å². The molecule has 2 heteroatoms. The molecular formula is C17H36N2. The van der Waals surface area contributed by atoms with Crippen molar-refractivity contribution in [2.75, 3.05) is 20.1 Å². The molecule has 0 aliphatic heterocycles. The molecule has 0 radical (unpaired) electrons. The lowest BCUT2D eigenvalue weighted by molar-refractivity contribution is 0.0435. The first-order valence-electron chi connectivity index (χ1n) is 8.29. The van der Waals surface area contributed by atoms with Crippen LogP contribution in [-0.4, -0.2) is 36.6 Å². The van der Waals surface area contributed by atoms with Crippen LogP contribution in [0.5, 0.6) is 0 Å². The van der Waals surface area contributed by atoms with Gasteiger partial charge in [0.25, 0.3) is 0 Å². The Balaban J connectivity index is 2.86. The molecule has 19 heavy (non-hydrogen) atoms. The van der Waals surface area contributed by atoms with Gasteiger partial charge in [0, 0.05) is 11.6 Å². The van der Waals surface area contributed by atoms with E-state index in [0.717, 1.165) is 30.8 Å². The van der Waals surface area contributed by atoms with Crippen molar-refractivity contribution in [1.82, 2.24) is 10.2 Å². The predicted octanol–water partition coefficient (Wildman–Crippen LogP) is 3.77. The minimum absolute atomic E-state index is 0.236. The molecule has 3 unspecified atom stereocenters. The highest BCUT2D eigenvalue weighted by Gasteiger charge is 2.40. The second-order valence-electron chi connectivity index (χ2n) is 7.27. The van der Waals surface area contributed by atoms with Gasteiger partial charge in [-0.1, -0.05) is 27.7 Å². The molecule has 1 aliphatic carbocycles. The maximum atomic E-state index is 3.66. The molecule has 0 bridgehead atoms. The smallest absolute Gasteiger partial charge is 0.0308 e. The lowest BCUT2D eigenvalue weighted by Crippen LogP contribution is -2.60. The highest BCUT2D eigenvalue weighted by molar-refractivity contribution is 4.98. The number of nitrogens with zero attached hydrogens (tertiary/aromatic N) is 1. The molecule has 1 N–H and O–H groups in total. The molecule has 0 aromatic rings. The van der Waals surface area contributed by atoms with Crippen LogP contribution >= 0.6 is 0 Å². The van der Waals surface area contributed by atoms with Gasteiger partial charge in [0.1, 0.15) is 0 Å². The molecule has 1 aliphatic rings. The lowest BCUT2D eigenvalue weighted by atomic mass is 9.69. The third kappa shape index (κ3) is 3.95. The first-order chi connectivity index (χ1) is 8.86. The van der Waals surface area contributed by atoms with Crippen LogP contribution in [0.1, 0.15) is 60.8 Å². The van der Waals surface area contributed by atoms with Gasteiger partial charge in [0.2, 0.25) is 0 Å². The van der Waals surface area contributed by atoms with Crippen LogP contribution in [-0.2, 0) is 0 Å². The summed E-state index contributed by atoms with van der Waals surface area (Å²) in [5, 5.41) is 3.66. The SMILES string of the molecule is CCN(CC)C(C)(C)C(NC)C1CC(C)CC(C)C1. The third-order valence-corrected chi connectivity index (χ3v) is 5.34. The van der Waals surface area contributed by atoms with Crippen molar-refractivity contribution in [3.63, 3.8) is 0 Å². The summed E-state index contributed by atoms with van der Waals surface area (Å²) in [5.74, 6) is 2.59. The van der Waals surface area contributed by atoms with E-state index < -0.39 is 0 Å². The molecule has 2 nitrogen and oxygen atoms in total. The van der Waals surface area contributed by atoms with Gasteiger partial charge in [-0.25, -0.2) is 0 Å². The quantitative estimate of drug-likeness (QED) is 0.789. The largest absolute Gasteiger partial charge is 0.315 e. The summed E-state index contributed by atoms with van der Waals surface area (Å²) < 4.78 is 0. The summed E-state index contributed by atoms with van der Waals surface area (Å²) in [6, 6.07) is 0.595. The van der Waals surface area contributed by atoms with Crippen LogP contribution in [0.2, 0.25) is 0 Å². The van der Waals surface area contributed by atoms with Crippen LogP contribution in [0, 0.1) is 17.8 Å². The van der Waals surface area contributed by atoms with Gasteiger partial charge in [0.15, 0.2) is 0 Å². The minimum Gasteiger partial charge on any atom is -0.315 e. The van der Waals surface area contributed by atoms with E-state index in [9.17, 15) is 0 Å². The fourth-order valence-corrected chi connectivity index (χ4v) is 4.68. The highest BCUT2D eigenvalue weighted by Crippen LogP contribution is 2.38. The molecule has 1 rings (SSSR count). The van der Waals surface area contributed by atoms with Gasteiger partial charge >= 0.3 is 0 Å². The van der Waals surface area contributed by atoms with E-state index in [2.05, 4.69) is 58.8 Å². The molecule has 114 valence electrons. The van der Waals surface area contributed by atoms with Crippen LogP contribution in [0.25, 0.3) is 0 Å². The monoisotopic (exact) mass is 268 g/mol. The van der Waals surface area contributed by atoms with Crippen LogP contribution in [0.4, 0.5) is 0 Å².